The molecule has 0 radical (unpaired) electrons. The zero-order valence-corrected chi connectivity index (χ0v) is 14.1. The van der Waals surface area contributed by atoms with Crippen LogP contribution in [-0.4, -0.2) is 34.1 Å². The summed E-state index contributed by atoms with van der Waals surface area (Å²) in [6.07, 6.45) is 5.71. The third-order valence-corrected chi connectivity index (χ3v) is 5.66. The number of nitrogens with one attached hydrogen (secondary N) is 1. The van der Waals surface area contributed by atoms with Gasteiger partial charge in [0.15, 0.2) is 0 Å². The van der Waals surface area contributed by atoms with Crippen molar-refractivity contribution in [3.05, 3.63) is 65.3 Å². The van der Waals surface area contributed by atoms with Crippen LogP contribution in [0.1, 0.15) is 34.7 Å². The number of aromatic nitrogens is 2. The van der Waals surface area contributed by atoms with Gasteiger partial charge in [0, 0.05) is 35.1 Å². The minimum Gasteiger partial charge on any atom is -0.339 e. The molecule has 1 saturated heterocycles. The first-order valence-electron chi connectivity index (χ1n) is 8.23. The van der Waals surface area contributed by atoms with Crippen LogP contribution < -0.4 is 0 Å². The van der Waals surface area contributed by atoms with Crippen LogP contribution in [0.15, 0.2) is 54.2 Å². The summed E-state index contributed by atoms with van der Waals surface area (Å²) in [5.41, 5.74) is 3.21. The van der Waals surface area contributed by atoms with Gasteiger partial charge >= 0.3 is 0 Å². The molecule has 0 saturated carbocycles. The highest BCUT2D eigenvalue weighted by atomic mass is 32.1. The third kappa shape index (κ3) is 2.99. The molecule has 0 bridgehead atoms. The Bertz CT molecular complexity index is 802. The zero-order valence-electron chi connectivity index (χ0n) is 13.3. The van der Waals surface area contributed by atoms with Crippen molar-refractivity contribution in [2.75, 3.05) is 13.1 Å². The van der Waals surface area contributed by atoms with Gasteiger partial charge in [0.25, 0.3) is 5.91 Å². The number of thiophene rings is 1. The lowest BCUT2D eigenvalue weighted by Gasteiger charge is -2.32. The van der Waals surface area contributed by atoms with Gasteiger partial charge in [-0.25, -0.2) is 0 Å². The van der Waals surface area contributed by atoms with Crippen LogP contribution in [0.3, 0.4) is 0 Å². The molecule has 1 amide bonds. The average Bonchev–Trinajstić information content (AvgIpc) is 3.33. The van der Waals surface area contributed by atoms with E-state index in [2.05, 4.69) is 40.5 Å². The maximum absolute atomic E-state index is 12.7. The lowest BCUT2D eigenvalue weighted by molar-refractivity contribution is 0.0713. The van der Waals surface area contributed by atoms with E-state index in [0.717, 1.165) is 41.9 Å². The monoisotopic (exact) mass is 337 g/mol. The highest BCUT2D eigenvalue weighted by Gasteiger charge is 2.25. The first-order chi connectivity index (χ1) is 11.8. The van der Waals surface area contributed by atoms with Crippen LogP contribution in [0.5, 0.6) is 0 Å². The first-order valence-corrected chi connectivity index (χ1v) is 9.11. The summed E-state index contributed by atoms with van der Waals surface area (Å²) in [5, 5.41) is 8.73. The summed E-state index contributed by atoms with van der Waals surface area (Å²) in [6, 6.07) is 12.6. The molecule has 4 nitrogen and oxygen atoms in total. The molecule has 1 aliphatic rings. The number of hydrogen-bond acceptors (Lipinski definition) is 3. The van der Waals surface area contributed by atoms with Gasteiger partial charge in [-0.2, -0.15) is 5.10 Å². The second-order valence-electron chi connectivity index (χ2n) is 6.16. The Hall–Kier alpha value is -2.40. The minimum atomic E-state index is 0.146. The normalized spacial score (nSPS) is 15.6. The maximum Gasteiger partial charge on any atom is 0.254 e. The van der Waals surface area contributed by atoms with Gasteiger partial charge in [-0.15, -0.1) is 11.3 Å². The van der Waals surface area contributed by atoms with Gasteiger partial charge in [-0.3, -0.25) is 9.89 Å². The molecule has 4 rings (SSSR count). The Labute approximate surface area is 145 Å². The van der Waals surface area contributed by atoms with Crippen molar-refractivity contribution in [1.29, 1.82) is 0 Å². The number of nitrogens with zero attached hydrogens (tertiary/aromatic N) is 2. The molecule has 1 N–H and O–H groups in total. The van der Waals surface area contributed by atoms with Crippen molar-refractivity contribution in [1.82, 2.24) is 15.1 Å². The third-order valence-electron chi connectivity index (χ3n) is 4.68. The van der Waals surface area contributed by atoms with Gasteiger partial charge in [0.2, 0.25) is 0 Å². The lowest BCUT2D eigenvalue weighted by atomic mass is 9.89. The van der Waals surface area contributed by atoms with E-state index in [9.17, 15) is 4.79 Å². The van der Waals surface area contributed by atoms with Crippen LogP contribution in [0.4, 0.5) is 0 Å². The second-order valence-corrected chi connectivity index (χ2v) is 7.07. The first kappa shape index (κ1) is 15.1. The largest absolute Gasteiger partial charge is 0.339 e. The number of aromatic amines is 1. The van der Waals surface area contributed by atoms with E-state index in [4.69, 9.17) is 0 Å². The van der Waals surface area contributed by atoms with Crippen molar-refractivity contribution in [2.24, 2.45) is 0 Å². The molecule has 0 unspecified atom stereocenters. The van der Waals surface area contributed by atoms with Crippen LogP contribution in [0, 0.1) is 0 Å². The Morgan fingerprint density at radius 2 is 2.00 bits per heavy atom. The van der Waals surface area contributed by atoms with Gasteiger partial charge in [-0.1, -0.05) is 30.3 Å². The molecule has 1 fully saturated rings. The lowest BCUT2D eigenvalue weighted by Crippen LogP contribution is -2.37. The van der Waals surface area contributed by atoms with Crippen molar-refractivity contribution in [3.8, 4) is 10.4 Å². The molecule has 24 heavy (non-hydrogen) atoms. The predicted molar refractivity (Wildman–Crippen MR) is 96.2 cm³/mol. The van der Waals surface area contributed by atoms with Gasteiger partial charge in [0.05, 0.1) is 11.8 Å². The molecule has 3 aromatic rings. The number of hydrogen-bond donors (Lipinski definition) is 1. The van der Waals surface area contributed by atoms with Crippen molar-refractivity contribution in [2.45, 2.75) is 18.8 Å². The summed E-state index contributed by atoms with van der Waals surface area (Å²) >= 11 is 1.59. The Morgan fingerprint density at radius 1 is 1.21 bits per heavy atom. The molecular formula is C19H19N3OS. The molecule has 2 aromatic heterocycles. The number of benzene rings is 1. The average molecular weight is 337 g/mol. The summed E-state index contributed by atoms with van der Waals surface area (Å²) in [6.45, 7) is 1.66. The van der Waals surface area contributed by atoms with Crippen molar-refractivity contribution >= 4 is 17.2 Å². The van der Waals surface area contributed by atoms with E-state index >= 15 is 0 Å². The van der Waals surface area contributed by atoms with E-state index in [1.807, 2.05) is 22.5 Å². The fourth-order valence-corrected chi connectivity index (χ4v) is 4.17. The topological polar surface area (TPSA) is 49.0 Å². The van der Waals surface area contributed by atoms with Crippen LogP contribution >= 0.6 is 11.3 Å². The Kier molecular flexibility index (Phi) is 4.17. The predicted octanol–water partition coefficient (Wildman–Crippen LogP) is 4.16. The summed E-state index contributed by atoms with van der Waals surface area (Å²) in [4.78, 5) is 15.8. The van der Waals surface area contributed by atoms with Crippen LogP contribution in [0.2, 0.25) is 0 Å². The summed E-state index contributed by atoms with van der Waals surface area (Å²) in [7, 11) is 0. The smallest absolute Gasteiger partial charge is 0.254 e. The van der Waals surface area contributed by atoms with Crippen molar-refractivity contribution < 1.29 is 4.79 Å². The fraction of sp³-hybridized carbons (Fsp3) is 0.263. The van der Waals surface area contributed by atoms with E-state index < -0.39 is 0 Å². The quantitative estimate of drug-likeness (QED) is 0.780. The van der Waals surface area contributed by atoms with E-state index in [1.165, 1.54) is 5.56 Å². The van der Waals surface area contributed by atoms with Crippen molar-refractivity contribution in [3.63, 3.8) is 0 Å². The molecule has 0 atom stereocenters. The number of amides is 1. The number of carbonyl (C=O) groups is 1. The van der Waals surface area contributed by atoms with Crippen LogP contribution in [0.25, 0.3) is 10.4 Å². The van der Waals surface area contributed by atoms with Gasteiger partial charge < -0.3 is 4.90 Å². The van der Waals surface area contributed by atoms with Gasteiger partial charge in [-0.05, 0) is 30.4 Å². The Morgan fingerprint density at radius 3 is 2.71 bits per heavy atom. The summed E-state index contributed by atoms with van der Waals surface area (Å²) < 4.78 is 0. The van der Waals surface area contributed by atoms with E-state index in [1.54, 1.807) is 17.5 Å². The number of likely N-dealkylation sites (tertiary alicyclic amines) is 1. The number of piperidine rings is 1. The number of carbonyl (C=O) groups excluding carboxylic acids is 1. The minimum absolute atomic E-state index is 0.146. The molecule has 122 valence electrons. The number of H-pyrrole nitrogens is 1. The molecule has 3 heterocycles. The Balaban J connectivity index is 1.41. The van der Waals surface area contributed by atoms with Gasteiger partial charge in [0.1, 0.15) is 0 Å². The van der Waals surface area contributed by atoms with E-state index in [-0.39, 0.29) is 5.91 Å². The standard InChI is InChI=1S/C19H19N3OS/c23-19(16-10-18(24-13-16)17-11-20-21-12-17)22-8-6-15(7-9-22)14-4-2-1-3-5-14/h1-5,10-13,15H,6-9H2,(H,20,21). The van der Waals surface area contributed by atoms with E-state index in [0.29, 0.717) is 5.92 Å². The molecule has 5 heteroatoms. The molecule has 1 aromatic carbocycles. The SMILES string of the molecule is O=C(c1csc(-c2cn[nH]c2)c1)N1CCC(c2ccccc2)CC1. The highest BCUT2D eigenvalue weighted by Crippen LogP contribution is 2.30. The molecule has 1 aliphatic heterocycles. The number of rotatable bonds is 3. The second kappa shape index (κ2) is 6.61. The highest BCUT2D eigenvalue weighted by molar-refractivity contribution is 7.13. The molecule has 0 spiro atoms. The van der Waals surface area contributed by atoms with Crippen LogP contribution in [-0.2, 0) is 0 Å². The molecular weight excluding hydrogens is 318 g/mol. The maximum atomic E-state index is 12.7. The zero-order chi connectivity index (χ0) is 16.4. The summed E-state index contributed by atoms with van der Waals surface area (Å²) in [5.74, 6) is 0.715. The molecule has 0 aliphatic carbocycles. The fourth-order valence-electron chi connectivity index (χ4n) is 3.31.